The van der Waals surface area contributed by atoms with Gasteiger partial charge in [0.25, 0.3) is 11.5 Å². The van der Waals surface area contributed by atoms with Crippen LogP contribution in [0.25, 0.3) is 21.5 Å². The van der Waals surface area contributed by atoms with Gasteiger partial charge in [0.15, 0.2) is 5.01 Å². The van der Waals surface area contributed by atoms with Crippen molar-refractivity contribution in [3.05, 3.63) is 76.3 Å². The maximum Gasteiger partial charge on any atom is 0.280 e. The van der Waals surface area contributed by atoms with Gasteiger partial charge in [0, 0.05) is 24.7 Å². The number of nitrogens with zero attached hydrogens (tertiary/aromatic N) is 3. The van der Waals surface area contributed by atoms with Gasteiger partial charge < -0.3 is 10.1 Å². The Bertz CT molecular complexity index is 1180. The van der Waals surface area contributed by atoms with Gasteiger partial charge in [-0.15, -0.1) is 11.3 Å². The molecule has 0 radical (unpaired) electrons. The number of carbonyl (C=O) groups is 1. The number of methoxy groups -OCH3 is 1. The SMILES string of the molecule is COc1ccc(-c2cc(=O)n(CCNC(=O)c3nc4ccccc4s3)cn2)cc1. The minimum absolute atomic E-state index is 0.181. The van der Waals surface area contributed by atoms with Crippen LogP contribution in [0.2, 0.25) is 0 Å². The molecule has 4 aromatic rings. The number of thiazole rings is 1. The zero-order valence-corrected chi connectivity index (χ0v) is 16.5. The van der Waals surface area contributed by atoms with E-state index in [1.165, 1.54) is 28.3 Å². The number of amides is 1. The molecule has 0 saturated carbocycles. The Morgan fingerprint density at radius 2 is 1.97 bits per heavy atom. The molecule has 0 saturated heterocycles. The number of hydrogen-bond donors (Lipinski definition) is 1. The van der Waals surface area contributed by atoms with Crippen molar-refractivity contribution < 1.29 is 9.53 Å². The van der Waals surface area contributed by atoms with Crippen LogP contribution in [0.5, 0.6) is 5.75 Å². The fraction of sp³-hybridized carbons (Fsp3) is 0.143. The van der Waals surface area contributed by atoms with Gasteiger partial charge in [-0.3, -0.25) is 14.2 Å². The lowest BCUT2D eigenvalue weighted by Crippen LogP contribution is -2.30. The first-order valence-electron chi connectivity index (χ1n) is 8.99. The number of rotatable bonds is 6. The molecular formula is C21H18N4O3S. The van der Waals surface area contributed by atoms with Gasteiger partial charge in [0.1, 0.15) is 5.75 Å². The zero-order chi connectivity index (χ0) is 20.2. The van der Waals surface area contributed by atoms with Crippen molar-refractivity contribution in [3.63, 3.8) is 0 Å². The molecule has 1 N–H and O–H groups in total. The fourth-order valence-corrected chi connectivity index (χ4v) is 3.73. The summed E-state index contributed by atoms with van der Waals surface area (Å²) in [5.41, 5.74) is 2.05. The van der Waals surface area contributed by atoms with Crippen molar-refractivity contribution in [2.24, 2.45) is 0 Å². The summed E-state index contributed by atoms with van der Waals surface area (Å²) in [6.07, 6.45) is 1.49. The average Bonchev–Trinajstić information content (AvgIpc) is 3.19. The summed E-state index contributed by atoms with van der Waals surface area (Å²) in [7, 11) is 1.60. The topological polar surface area (TPSA) is 86.1 Å². The standard InChI is InChI=1S/C21H18N4O3S/c1-28-15-8-6-14(7-9-15)17-12-19(26)25(13-23-17)11-10-22-20(27)21-24-16-4-2-3-5-18(16)29-21/h2-9,12-13H,10-11H2,1H3,(H,22,27). The molecule has 29 heavy (non-hydrogen) atoms. The Hall–Kier alpha value is -3.52. The Morgan fingerprint density at radius 3 is 2.69 bits per heavy atom. The van der Waals surface area contributed by atoms with Gasteiger partial charge in [-0.25, -0.2) is 9.97 Å². The minimum Gasteiger partial charge on any atom is -0.497 e. The molecule has 1 amide bonds. The lowest BCUT2D eigenvalue weighted by Gasteiger charge is -2.08. The summed E-state index contributed by atoms with van der Waals surface area (Å²) >= 11 is 1.34. The summed E-state index contributed by atoms with van der Waals surface area (Å²) < 4.78 is 7.56. The molecular weight excluding hydrogens is 388 g/mol. The third-order valence-corrected chi connectivity index (χ3v) is 5.43. The molecule has 0 aliphatic rings. The third-order valence-electron chi connectivity index (χ3n) is 4.39. The molecule has 4 rings (SSSR count). The van der Waals surface area contributed by atoms with Gasteiger partial charge in [0.2, 0.25) is 0 Å². The highest BCUT2D eigenvalue weighted by molar-refractivity contribution is 7.20. The van der Waals surface area contributed by atoms with Gasteiger partial charge in [-0.05, 0) is 36.4 Å². The maximum atomic E-state index is 12.4. The number of carbonyl (C=O) groups excluding carboxylic acids is 1. The molecule has 2 aromatic carbocycles. The Morgan fingerprint density at radius 1 is 1.17 bits per heavy atom. The number of fused-ring (bicyclic) bond motifs is 1. The first-order valence-corrected chi connectivity index (χ1v) is 9.80. The number of para-hydroxylation sites is 1. The van der Waals surface area contributed by atoms with Gasteiger partial charge in [-0.2, -0.15) is 0 Å². The number of benzene rings is 2. The highest BCUT2D eigenvalue weighted by Gasteiger charge is 2.11. The van der Waals surface area contributed by atoms with Crippen molar-refractivity contribution >= 4 is 27.5 Å². The second-order valence-electron chi connectivity index (χ2n) is 6.28. The van der Waals surface area contributed by atoms with Crippen LogP contribution in [0.15, 0.2) is 65.7 Å². The molecule has 0 aliphatic heterocycles. The van der Waals surface area contributed by atoms with Crippen molar-refractivity contribution in [1.29, 1.82) is 0 Å². The largest absolute Gasteiger partial charge is 0.497 e. The van der Waals surface area contributed by atoms with E-state index >= 15 is 0 Å². The molecule has 0 fully saturated rings. The van der Waals surface area contributed by atoms with E-state index in [2.05, 4.69) is 15.3 Å². The second kappa shape index (κ2) is 8.24. The lowest BCUT2D eigenvalue weighted by molar-refractivity contribution is 0.0952. The molecule has 0 unspecified atom stereocenters. The van der Waals surface area contributed by atoms with Crippen LogP contribution < -0.4 is 15.6 Å². The molecule has 0 bridgehead atoms. The van der Waals surface area contributed by atoms with Crippen LogP contribution in [0.3, 0.4) is 0 Å². The zero-order valence-electron chi connectivity index (χ0n) is 15.7. The van der Waals surface area contributed by atoms with E-state index < -0.39 is 0 Å². The van der Waals surface area contributed by atoms with E-state index in [0.29, 0.717) is 23.8 Å². The third kappa shape index (κ3) is 4.17. The van der Waals surface area contributed by atoms with E-state index in [9.17, 15) is 9.59 Å². The van der Waals surface area contributed by atoms with Crippen LogP contribution in [-0.2, 0) is 6.54 Å². The number of hydrogen-bond acceptors (Lipinski definition) is 6. The smallest absolute Gasteiger partial charge is 0.280 e. The highest BCUT2D eigenvalue weighted by Crippen LogP contribution is 2.21. The van der Waals surface area contributed by atoms with Crippen molar-refractivity contribution in [1.82, 2.24) is 19.9 Å². The average molecular weight is 406 g/mol. The highest BCUT2D eigenvalue weighted by atomic mass is 32.1. The molecule has 146 valence electrons. The summed E-state index contributed by atoms with van der Waals surface area (Å²) in [4.78, 5) is 33.4. The predicted molar refractivity (Wildman–Crippen MR) is 112 cm³/mol. The van der Waals surface area contributed by atoms with E-state index in [1.54, 1.807) is 7.11 Å². The molecule has 7 nitrogen and oxygen atoms in total. The summed E-state index contributed by atoms with van der Waals surface area (Å²) in [6.45, 7) is 0.629. The molecule has 0 spiro atoms. The minimum atomic E-state index is -0.248. The van der Waals surface area contributed by atoms with Gasteiger partial charge in [-0.1, -0.05) is 12.1 Å². The van der Waals surface area contributed by atoms with Crippen molar-refractivity contribution in [2.45, 2.75) is 6.54 Å². The van der Waals surface area contributed by atoms with Crippen LogP contribution in [0.1, 0.15) is 9.80 Å². The first-order chi connectivity index (χ1) is 14.1. The van der Waals surface area contributed by atoms with E-state index in [-0.39, 0.29) is 11.5 Å². The van der Waals surface area contributed by atoms with Gasteiger partial charge >= 0.3 is 0 Å². The van der Waals surface area contributed by atoms with Crippen LogP contribution in [0.4, 0.5) is 0 Å². The summed E-state index contributed by atoms with van der Waals surface area (Å²) in [5, 5.41) is 3.21. The van der Waals surface area contributed by atoms with E-state index in [4.69, 9.17) is 4.74 Å². The molecule has 2 heterocycles. The van der Waals surface area contributed by atoms with Crippen LogP contribution in [0, 0.1) is 0 Å². The molecule has 0 atom stereocenters. The first kappa shape index (κ1) is 18.8. The number of nitrogens with one attached hydrogen (secondary N) is 1. The monoisotopic (exact) mass is 406 g/mol. The van der Waals surface area contributed by atoms with Crippen LogP contribution in [-0.4, -0.2) is 34.1 Å². The molecule has 8 heteroatoms. The summed E-state index contributed by atoms with van der Waals surface area (Å²) in [6, 6.07) is 16.4. The summed E-state index contributed by atoms with van der Waals surface area (Å²) in [5.74, 6) is 0.494. The lowest BCUT2D eigenvalue weighted by atomic mass is 10.1. The van der Waals surface area contributed by atoms with Gasteiger partial charge in [0.05, 0.1) is 29.3 Å². The van der Waals surface area contributed by atoms with E-state index in [1.807, 2.05) is 48.5 Å². The molecule has 2 aromatic heterocycles. The maximum absolute atomic E-state index is 12.4. The fourth-order valence-electron chi connectivity index (χ4n) is 2.85. The van der Waals surface area contributed by atoms with Crippen molar-refractivity contribution in [2.75, 3.05) is 13.7 Å². The molecule has 0 aliphatic carbocycles. The second-order valence-corrected chi connectivity index (χ2v) is 7.31. The van der Waals surface area contributed by atoms with Crippen LogP contribution >= 0.6 is 11.3 Å². The Labute approximate surface area is 170 Å². The predicted octanol–water partition coefficient (Wildman–Crippen LogP) is 2.96. The quantitative estimate of drug-likeness (QED) is 0.532. The van der Waals surface area contributed by atoms with E-state index in [0.717, 1.165) is 21.5 Å². The Kier molecular flexibility index (Phi) is 5.35. The van der Waals surface area contributed by atoms with Crippen molar-refractivity contribution in [3.8, 4) is 17.0 Å². The number of aromatic nitrogens is 3. The number of ether oxygens (including phenoxy) is 1. The normalized spacial score (nSPS) is 10.8. The Balaban J connectivity index is 1.39.